The van der Waals surface area contributed by atoms with Crippen molar-refractivity contribution in [2.45, 2.75) is 77.5 Å². The predicted octanol–water partition coefficient (Wildman–Crippen LogP) is 1.59. The van der Waals surface area contributed by atoms with Gasteiger partial charge in [-0.3, -0.25) is 14.7 Å². The third kappa shape index (κ3) is 10.5. The van der Waals surface area contributed by atoms with Gasteiger partial charge in [0.2, 0.25) is 6.10 Å². The fraction of sp³-hybridized carbons (Fsp3) is 0.714. The summed E-state index contributed by atoms with van der Waals surface area (Å²) in [4.78, 5) is 47.2. The summed E-state index contributed by atoms with van der Waals surface area (Å²) in [5.41, 5.74) is -0.316. The van der Waals surface area contributed by atoms with Crippen LogP contribution in [0, 0.1) is 0 Å². The Balaban J connectivity index is 1.63. The number of aromatic nitrogens is 1. The van der Waals surface area contributed by atoms with Crippen molar-refractivity contribution in [3.8, 4) is 0 Å². The molecule has 218 valence electrons. The van der Waals surface area contributed by atoms with E-state index >= 15 is 0 Å². The number of piperidine rings is 1. The van der Waals surface area contributed by atoms with Crippen LogP contribution < -0.4 is 10.2 Å². The number of carbonyl (C=O) groups excluding carboxylic acids is 3. The topological polar surface area (TPSA) is 120 Å². The van der Waals surface area contributed by atoms with Crippen molar-refractivity contribution in [1.29, 1.82) is 0 Å². The highest BCUT2D eigenvalue weighted by Gasteiger charge is 2.39. The molecule has 11 heteroatoms. The molecule has 1 aromatic rings. The molecule has 2 aliphatic heterocycles. The Morgan fingerprint density at radius 2 is 1.62 bits per heavy atom. The minimum absolute atomic E-state index is 0.0719. The number of carbonyl (C=O) groups is 3. The standard InChI is InChI=1S/C28H44N4O7/c1-27(2,3)38-24(34)19-36-23-17-30-12-9-22(23)37-25(26(35)39-28(4,5)6)21(33)18-31-13-15-32(16-14-31)20-7-10-29-11-8-20/h7-8,10-11,22-23,25,30H,9,12-19H2,1-6H3. The number of anilines is 1. The maximum absolute atomic E-state index is 13.5. The van der Waals surface area contributed by atoms with Crippen molar-refractivity contribution < 1.29 is 33.3 Å². The minimum Gasteiger partial charge on any atom is -0.458 e. The molecule has 3 unspecified atom stereocenters. The monoisotopic (exact) mass is 548 g/mol. The molecule has 3 atom stereocenters. The summed E-state index contributed by atoms with van der Waals surface area (Å²) in [6.45, 7) is 14.3. The molecule has 0 bridgehead atoms. The first-order chi connectivity index (χ1) is 18.3. The molecule has 0 amide bonds. The van der Waals surface area contributed by atoms with Gasteiger partial charge in [0.15, 0.2) is 5.78 Å². The summed E-state index contributed by atoms with van der Waals surface area (Å²) in [5, 5.41) is 3.22. The van der Waals surface area contributed by atoms with Gasteiger partial charge in [-0.25, -0.2) is 9.59 Å². The minimum atomic E-state index is -1.39. The van der Waals surface area contributed by atoms with Crippen LogP contribution in [0.3, 0.4) is 0 Å². The van der Waals surface area contributed by atoms with Gasteiger partial charge in [0.25, 0.3) is 0 Å². The SMILES string of the molecule is CC(C)(C)OC(=O)COC1CNCCC1OC(C(=O)CN1CCN(c2ccncc2)CC1)C(=O)OC(C)(C)C. The molecule has 2 aliphatic rings. The van der Waals surface area contributed by atoms with Crippen LogP contribution in [0.4, 0.5) is 5.69 Å². The Labute approximate surface area is 231 Å². The van der Waals surface area contributed by atoms with Crippen molar-refractivity contribution in [2.75, 3.05) is 57.3 Å². The van der Waals surface area contributed by atoms with E-state index in [1.54, 1.807) is 53.9 Å². The van der Waals surface area contributed by atoms with E-state index in [9.17, 15) is 14.4 Å². The normalized spacial score (nSPS) is 21.7. The van der Waals surface area contributed by atoms with Gasteiger partial charge in [-0.05, 0) is 66.6 Å². The van der Waals surface area contributed by atoms with E-state index in [2.05, 4.69) is 15.2 Å². The Hall–Kier alpha value is -2.60. The van der Waals surface area contributed by atoms with Crippen LogP contribution in [-0.4, -0.2) is 110 Å². The van der Waals surface area contributed by atoms with Gasteiger partial charge in [0.1, 0.15) is 17.8 Å². The predicted molar refractivity (Wildman–Crippen MR) is 145 cm³/mol. The second-order valence-corrected chi connectivity index (χ2v) is 12.0. The third-order valence-electron chi connectivity index (χ3n) is 6.20. The first kappa shape index (κ1) is 30.9. The van der Waals surface area contributed by atoms with Gasteiger partial charge in [0, 0.05) is 50.8 Å². The molecule has 0 spiro atoms. The maximum atomic E-state index is 13.5. The smallest absolute Gasteiger partial charge is 0.343 e. The van der Waals surface area contributed by atoms with Gasteiger partial charge >= 0.3 is 11.9 Å². The highest BCUT2D eigenvalue weighted by Crippen LogP contribution is 2.20. The van der Waals surface area contributed by atoms with E-state index in [0.29, 0.717) is 32.6 Å². The van der Waals surface area contributed by atoms with Crippen molar-refractivity contribution >= 4 is 23.4 Å². The van der Waals surface area contributed by atoms with E-state index < -0.39 is 41.5 Å². The highest BCUT2D eigenvalue weighted by molar-refractivity contribution is 6.03. The lowest BCUT2D eigenvalue weighted by Gasteiger charge is -2.37. The first-order valence-electron chi connectivity index (χ1n) is 13.6. The Morgan fingerprint density at radius 3 is 2.23 bits per heavy atom. The van der Waals surface area contributed by atoms with Crippen molar-refractivity contribution in [2.24, 2.45) is 0 Å². The number of hydrogen-bond donors (Lipinski definition) is 1. The van der Waals surface area contributed by atoms with Gasteiger partial charge in [-0.2, -0.15) is 0 Å². The summed E-state index contributed by atoms with van der Waals surface area (Å²) in [7, 11) is 0. The van der Waals surface area contributed by atoms with Crippen molar-refractivity contribution in [1.82, 2.24) is 15.2 Å². The number of Topliss-reactive ketones (excluding diaryl/α,β-unsaturated/α-hetero) is 1. The molecular weight excluding hydrogens is 504 g/mol. The van der Waals surface area contributed by atoms with Crippen LogP contribution in [0.1, 0.15) is 48.0 Å². The quantitative estimate of drug-likeness (QED) is 0.339. The van der Waals surface area contributed by atoms with Crippen molar-refractivity contribution in [3.05, 3.63) is 24.5 Å². The zero-order chi connectivity index (χ0) is 28.6. The number of rotatable bonds is 10. The molecule has 1 N–H and O–H groups in total. The zero-order valence-corrected chi connectivity index (χ0v) is 24.1. The molecule has 3 rings (SSSR count). The van der Waals surface area contributed by atoms with E-state index in [1.165, 1.54) is 0 Å². The largest absolute Gasteiger partial charge is 0.458 e. The second-order valence-electron chi connectivity index (χ2n) is 12.0. The Kier molecular flexibility index (Phi) is 10.8. The van der Waals surface area contributed by atoms with E-state index in [4.69, 9.17) is 18.9 Å². The number of ether oxygens (including phenoxy) is 4. The Bertz CT molecular complexity index is 953. The number of pyridine rings is 1. The van der Waals surface area contributed by atoms with Crippen LogP contribution in [-0.2, 0) is 33.3 Å². The molecule has 11 nitrogen and oxygen atoms in total. The maximum Gasteiger partial charge on any atom is 0.343 e. The second kappa shape index (κ2) is 13.6. The van der Waals surface area contributed by atoms with E-state index in [-0.39, 0.29) is 18.9 Å². The Morgan fingerprint density at radius 1 is 0.974 bits per heavy atom. The van der Waals surface area contributed by atoms with Gasteiger partial charge in [0.05, 0.1) is 18.8 Å². The molecule has 0 aliphatic carbocycles. The number of hydrogen-bond acceptors (Lipinski definition) is 11. The number of piperazine rings is 1. The lowest BCUT2D eigenvalue weighted by atomic mass is 10.1. The average Bonchev–Trinajstić information content (AvgIpc) is 2.85. The van der Waals surface area contributed by atoms with Gasteiger partial charge < -0.3 is 29.2 Å². The number of esters is 2. The molecule has 0 saturated carbocycles. The summed E-state index contributed by atoms with van der Waals surface area (Å²) >= 11 is 0. The molecule has 2 saturated heterocycles. The lowest BCUT2D eigenvalue weighted by molar-refractivity contribution is -0.186. The molecule has 39 heavy (non-hydrogen) atoms. The zero-order valence-electron chi connectivity index (χ0n) is 24.1. The van der Waals surface area contributed by atoms with E-state index in [0.717, 1.165) is 18.8 Å². The summed E-state index contributed by atoms with van der Waals surface area (Å²) in [6, 6.07) is 3.93. The number of nitrogens with one attached hydrogen (secondary N) is 1. The molecule has 0 radical (unpaired) electrons. The lowest BCUT2D eigenvalue weighted by Crippen LogP contribution is -2.54. The summed E-state index contributed by atoms with van der Waals surface area (Å²) in [6.07, 6.45) is 1.54. The number of nitrogens with zero attached hydrogens (tertiary/aromatic N) is 3. The molecule has 2 fully saturated rings. The van der Waals surface area contributed by atoms with Crippen LogP contribution in [0.15, 0.2) is 24.5 Å². The molecule has 3 heterocycles. The summed E-state index contributed by atoms with van der Waals surface area (Å²) in [5.74, 6) is -1.56. The van der Waals surface area contributed by atoms with Crippen LogP contribution in [0.2, 0.25) is 0 Å². The first-order valence-corrected chi connectivity index (χ1v) is 13.6. The molecule has 1 aromatic heterocycles. The third-order valence-corrected chi connectivity index (χ3v) is 6.20. The number of ketones is 1. The summed E-state index contributed by atoms with van der Waals surface area (Å²) < 4.78 is 22.9. The molecule has 0 aromatic carbocycles. The van der Waals surface area contributed by atoms with Gasteiger partial charge in [-0.15, -0.1) is 0 Å². The average molecular weight is 549 g/mol. The van der Waals surface area contributed by atoms with Gasteiger partial charge in [-0.1, -0.05) is 0 Å². The highest BCUT2D eigenvalue weighted by atomic mass is 16.6. The fourth-order valence-electron chi connectivity index (χ4n) is 4.49. The van der Waals surface area contributed by atoms with Crippen LogP contribution >= 0.6 is 0 Å². The van der Waals surface area contributed by atoms with Crippen molar-refractivity contribution in [3.63, 3.8) is 0 Å². The van der Waals surface area contributed by atoms with Crippen LogP contribution in [0.25, 0.3) is 0 Å². The fourth-order valence-corrected chi connectivity index (χ4v) is 4.49. The van der Waals surface area contributed by atoms with E-state index in [1.807, 2.05) is 17.0 Å². The van der Waals surface area contributed by atoms with Crippen LogP contribution in [0.5, 0.6) is 0 Å². The molecular formula is C28H44N4O7.